The molecule has 0 amide bonds. The van der Waals surface area contributed by atoms with E-state index in [4.69, 9.17) is 16.3 Å². The summed E-state index contributed by atoms with van der Waals surface area (Å²) in [4.78, 5) is 4.57. The Morgan fingerprint density at radius 2 is 1.96 bits per heavy atom. The number of sulfonamides is 1. The van der Waals surface area contributed by atoms with Crippen LogP contribution < -0.4 is 4.72 Å². The largest absolute Gasteiger partial charge is 0.375 e. The Balaban J connectivity index is 1.89. The van der Waals surface area contributed by atoms with Crippen LogP contribution in [0.1, 0.15) is 30.2 Å². The highest BCUT2D eigenvalue weighted by Crippen LogP contribution is 2.42. The summed E-state index contributed by atoms with van der Waals surface area (Å²) < 4.78 is 33.3. The van der Waals surface area contributed by atoms with Crippen molar-refractivity contribution in [2.75, 3.05) is 11.8 Å². The summed E-state index contributed by atoms with van der Waals surface area (Å²) in [6.07, 6.45) is 2.12. The van der Waals surface area contributed by atoms with Gasteiger partial charge in [-0.1, -0.05) is 23.7 Å². The lowest BCUT2D eigenvalue weighted by molar-refractivity contribution is 0.0812. The van der Waals surface area contributed by atoms with Gasteiger partial charge >= 0.3 is 0 Å². The molecule has 1 heterocycles. The van der Waals surface area contributed by atoms with Crippen LogP contribution in [0.4, 0.5) is 5.82 Å². The first kappa shape index (κ1) is 17.2. The van der Waals surface area contributed by atoms with E-state index in [-0.39, 0.29) is 16.8 Å². The zero-order chi connectivity index (χ0) is 17.3. The highest BCUT2D eigenvalue weighted by Gasteiger charge is 2.33. The third kappa shape index (κ3) is 3.55. The van der Waals surface area contributed by atoms with Gasteiger partial charge in [0.15, 0.2) is 0 Å². The molecule has 7 heteroatoms. The van der Waals surface area contributed by atoms with Crippen molar-refractivity contribution in [1.82, 2.24) is 4.98 Å². The average molecular weight is 367 g/mol. The Labute approximate surface area is 147 Å². The van der Waals surface area contributed by atoms with E-state index in [0.29, 0.717) is 16.5 Å². The van der Waals surface area contributed by atoms with Gasteiger partial charge in [-0.3, -0.25) is 4.72 Å². The van der Waals surface area contributed by atoms with Crippen molar-refractivity contribution in [3.05, 3.63) is 52.7 Å². The number of ether oxygens (including phenoxy) is 1. The number of rotatable bonds is 6. The molecule has 0 saturated heterocycles. The highest BCUT2D eigenvalue weighted by atomic mass is 35.5. The summed E-state index contributed by atoms with van der Waals surface area (Å²) in [5.41, 5.74) is 1.25. The lowest BCUT2D eigenvalue weighted by atomic mass is 10.1. The molecule has 1 atom stereocenters. The molecule has 2 aromatic rings. The van der Waals surface area contributed by atoms with Gasteiger partial charge in [-0.05, 0) is 55.5 Å². The number of pyridine rings is 1. The van der Waals surface area contributed by atoms with Crippen molar-refractivity contribution in [2.45, 2.75) is 30.8 Å². The van der Waals surface area contributed by atoms with E-state index < -0.39 is 10.0 Å². The third-order valence-corrected chi connectivity index (χ3v) is 6.02. The van der Waals surface area contributed by atoms with E-state index >= 15 is 0 Å². The number of benzene rings is 1. The number of methoxy groups -OCH3 is 1. The molecule has 1 aromatic heterocycles. The summed E-state index contributed by atoms with van der Waals surface area (Å²) in [6.45, 7) is 1.68. The van der Waals surface area contributed by atoms with Gasteiger partial charge in [-0.2, -0.15) is 0 Å². The van der Waals surface area contributed by atoms with Crippen LogP contribution in [0, 0.1) is 12.8 Å². The Bertz CT molecular complexity index is 851. The first-order valence-corrected chi connectivity index (χ1v) is 9.56. The van der Waals surface area contributed by atoms with E-state index in [0.717, 1.165) is 18.5 Å². The molecule has 0 spiro atoms. The number of anilines is 1. The maximum absolute atomic E-state index is 12.6. The van der Waals surface area contributed by atoms with Gasteiger partial charge in [0.2, 0.25) is 0 Å². The smallest absolute Gasteiger partial charge is 0.263 e. The molecule has 1 fully saturated rings. The van der Waals surface area contributed by atoms with E-state index in [1.165, 1.54) is 6.07 Å². The quantitative estimate of drug-likeness (QED) is 0.840. The zero-order valence-corrected chi connectivity index (χ0v) is 15.1. The number of hydrogen-bond acceptors (Lipinski definition) is 4. The fraction of sp³-hybridized carbons (Fsp3) is 0.353. The zero-order valence-electron chi connectivity index (χ0n) is 13.5. The molecular formula is C17H19ClN2O3S. The van der Waals surface area contributed by atoms with Gasteiger partial charge in [0, 0.05) is 12.1 Å². The monoisotopic (exact) mass is 366 g/mol. The topological polar surface area (TPSA) is 68.3 Å². The maximum Gasteiger partial charge on any atom is 0.263 e. The predicted molar refractivity (Wildman–Crippen MR) is 93.7 cm³/mol. The van der Waals surface area contributed by atoms with E-state index in [2.05, 4.69) is 9.71 Å². The van der Waals surface area contributed by atoms with Crippen molar-refractivity contribution >= 4 is 27.4 Å². The Hall–Kier alpha value is -1.63. The van der Waals surface area contributed by atoms with Gasteiger partial charge in [-0.15, -0.1) is 0 Å². The van der Waals surface area contributed by atoms with Crippen molar-refractivity contribution < 1.29 is 13.2 Å². The predicted octanol–water partition coefficient (Wildman–Crippen LogP) is 3.94. The van der Waals surface area contributed by atoms with Gasteiger partial charge in [-0.25, -0.2) is 13.4 Å². The fourth-order valence-corrected chi connectivity index (χ4v) is 4.19. The number of halogens is 1. The molecule has 5 nitrogen and oxygen atoms in total. The second kappa shape index (κ2) is 6.70. The van der Waals surface area contributed by atoms with Crippen molar-refractivity contribution in [3.63, 3.8) is 0 Å². The van der Waals surface area contributed by atoms with Gasteiger partial charge in [0.05, 0.1) is 10.6 Å². The molecule has 0 bridgehead atoms. The normalized spacial score (nSPS) is 16.0. The first-order valence-electron chi connectivity index (χ1n) is 7.70. The first-order chi connectivity index (χ1) is 11.4. The standard InChI is InChI=1S/C17H19ClN2O3S/c1-11-13(18)5-3-7-15(11)24(21,22)20-16-8-4-6-14(19-16)17(23-2)12-9-10-12/h3-8,12,17H,9-10H2,1-2H3,(H,19,20). The van der Waals surface area contributed by atoms with Crippen LogP contribution in [0.5, 0.6) is 0 Å². The van der Waals surface area contributed by atoms with E-state index in [1.54, 1.807) is 38.3 Å². The summed E-state index contributed by atoms with van der Waals surface area (Å²) in [5, 5.41) is 0.410. The molecule has 1 N–H and O–H groups in total. The number of nitrogens with one attached hydrogen (secondary N) is 1. The number of nitrogens with zero attached hydrogens (tertiary/aromatic N) is 1. The van der Waals surface area contributed by atoms with Crippen LogP contribution in [0.3, 0.4) is 0 Å². The number of aromatic nitrogens is 1. The van der Waals surface area contributed by atoms with Crippen molar-refractivity contribution in [1.29, 1.82) is 0 Å². The van der Waals surface area contributed by atoms with Crippen molar-refractivity contribution in [2.24, 2.45) is 5.92 Å². The summed E-state index contributed by atoms with van der Waals surface area (Å²) in [7, 11) is -2.11. The summed E-state index contributed by atoms with van der Waals surface area (Å²) in [5.74, 6) is 0.735. The van der Waals surface area contributed by atoms with Crippen LogP contribution in [0.2, 0.25) is 5.02 Å². The molecular weight excluding hydrogens is 348 g/mol. The molecule has 0 aliphatic heterocycles. The fourth-order valence-electron chi connectivity index (χ4n) is 2.69. The van der Waals surface area contributed by atoms with Crippen LogP contribution >= 0.6 is 11.6 Å². The Morgan fingerprint density at radius 1 is 1.25 bits per heavy atom. The minimum Gasteiger partial charge on any atom is -0.375 e. The minimum atomic E-state index is -3.76. The molecule has 1 aliphatic rings. The van der Waals surface area contributed by atoms with Gasteiger partial charge in [0.1, 0.15) is 11.9 Å². The summed E-state index contributed by atoms with van der Waals surface area (Å²) >= 11 is 6.03. The van der Waals surface area contributed by atoms with Gasteiger partial charge in [0.25, 0.3) is 10.0 Å². The molecule has 24 heavy (non-hydrogen) atoms. The lowest BCUT2D eigenvalue weighted by Gasteiger charge is -2.16. The SMILES string of the molecule is COC(c1cccc(NS(=O)(=O)c2cccc(Cl)c2C)n1)C1CC1. The van der Waals surface area contributed by atoms with Crippen molar-refractivity contribution in [3.8, 4) is 0 Å². The molecule has 128 valence electrons. The Kier molecular flexibility index (Phi) is 4.80. The maximum atomic E-state index is 12.6. The lowest BCUT2D eigenvalue weighted by Crippen LogP contribution is -2.16. The van der Waals surface area contributed by atoms with Crippen LogP contribution in [-0.4, -0.2) is 20.5 Å². The van der Waals surface area contributed by atoms with E-state index in [9.17, 15) is 8.42 Å². The van der Waals surface area contributed by atoms with Crippen LogP contribution in [-0.2, 0) is 14.8 Å². The Morgan fingerprint density at radius 3 is 2.62 bits per heavy atom. The molecule has 0 radical (unpaired) electrons. The van der Waals surface area contributed by atoms with Crippen LogP contribution in [0.25, 0.3) is 0 Å². The highest BCUT2D eigenvalue weighted by molar-refractivity contribution is 7.92. The number of hydrogen-bond donors (Lipinski definition) is 1. The molecule has 1 aliphatic carbocycles. The third-order valence-electron chi connectivity index (χ3n) is 4.11. The second-order valence-corrected chi connectivity index (χ2v) is 7.97. The summed E-state index contributed by atoms with van der Waals surface area (Å²) in [6, 6.07) is 10.1. The molecule has 1 aromatic carbocycles. The minimum absolute atomic E-state index is 0.0950. The van der Waals surface area contributed by atoms with E-state index in [1.807, 2.05) is 6.07 Å². The van der Waals surface area contributed by atoms with Gasteiger partial charge < -0.3 is 4.74 Å². The average Bonchev–Trinajstić information content (AvgIpc) is 3.35. The molecule has 1 unspecified atom stereocenters. The second-order valence-electron chi connectivity index (χ2n) is 5.91. The molecule has 1 saturated carbocycles. The molecule has 3 rings (SSSR count). The van der Waals surface area contributed by atoms with Crippen LogP contribution in [0.15, 0.2) is 41.3 Å².